The molecule has 0 aliphatic heterocycles. The number of allylic oxidation sites excluding steroid dienone is 1. The molecule has 0 bridgehead atoms. The van der Waals surface area contributed by atoms with E-state index in [-0.39, 0.29) is 0 Å². The zero-order chi connectivity index (χ0) is 6.41. The Hall–Kier alpha value is -0.790. The van der Waals surface area contributed by atoms with Crippen LogP contribution in [-0.4, -0.2) is 5.91 Å². The first kappa shape index (κ1) is 7.21. The molecule has 0 aromatic rings. The van der Waals surface area contributed by atoms with Crippen molar-refractivity contribution in [3.63, 3.8) is 0 Å². The second-order valence-electron chi connectivity index (χ2n) is 1.56. The largest absolute Gasteiger partial charge is 0.268 e. The smallest absolute Gasteiger partial charge is 0.262 e. The molecular formula is C6H10NO. The second-order valence-corrected chi connectivity index (χ2v) is 1.56. The van der Waals surface area contributed by atoms with Crippen LogP contribution in [0.2, 0.25) is 0 Å². The van der Waals surface area contributed by atoms with Crippen LogP contribution < -0.4 is 5.73 Å². The number of hydrogen-bond donors (Lipinski definition) is 0. The zero-order valence-electron chi connectivity index (χ0n) is 4.98. The van der Waals surface area contributed by atoms with E-state index in [4.69, 9.17) is 5.73 Å². The molecule has 0 saturated heterocycles. The van der Waals surface area contributed by atoms with E-state index < -0.39 is 5.91 Å². The molecule has 2 nitrogen and oxygen atoms in total. The number of unbranched alkanes of at least 4 members (excludes halogenated alkanes) is 1. The molecule has 0 aromatic heterocycles. The second kappa shape index (κ2) is 4.37. The number of rotatable bonds is 3. The molecule has 0 fully saturated rings. The number of amides is 1. The molecule has 0 atom stereocenters. The lowest BCUT2D eigenvalue weighted by Gasteiger charge is -1.79. The topological polar surface area (TPSA) is 40.9 Å². The average Bonchev–Trinajstić information content (AvgIpc) is 1.66. The predicted molar refractivity (Wildman–Crippen MR) is 32.2 cm³/mol. The number of nitrogens with one attached hydrogen (secondary N) is 1. The maximum Gasteiger partial charge on any atom is 0.262 e. The van der Waals surface area contributed by atoms with E-state index in [1.807, 2.05) is 6.92 Å². The molecule has 0 unspecified atom stereocenters. The molecule has 0 aliphatic carbocycles. The fourth-order valence-corrected chi connectivity index (χ4v) is 0.357. The third kappa shape index (κ3) is 5.21. The summed E-state index contributed by atoms with van der Waals surface area (Å²) in [5, 5.41) is 0. The molecule has 0 heterocycles. The molecule has 1 amide bonds. The molecule has 0 spiro atoms. The van der Waals surface area contributed by atoms with Gasteiger partial charge in [-0.2, -0.15) is 0 Å². The maximum absolute atomic E-state index is 9.90. The van der Waals surface area contributed by atoms with E-state index in [0.29, 0.717) is 0 Å². The van der Waals surface area contributed by atoms with Crippen molar-refractivity contribution < 1.29 is 4.79 Å². The Labute approximate surface area is 49.4 Å². The van der Waals surface area contributed by atoms with Crippen LogP contribution in [0.4, 0.5) is 0 Å². The molecule has 1 N–H and O–H groups in total. The van der Waals surface area contributed by atoms with Crippen molar-refractivity contribution in [1.82, 2.24) is 5.73 Å². The van der Waals surface area contributed by atoms with Crippen molar-refractivity contribution in [3.8, 4) is 0 Å². The summed E-state index contributed by atoms with van der Waals surface area (Å²) in [6.07, 6.45) is 4.92. The highest BCUT2D eigenvalue weighted by molar-refractivity contribution is 5.84. The van der Waals surface area contributed by atoms with Crippen molar-refractivity contribution in [2.75, 3.05) is 0 Å². The van der Waals surface area contributed by atoms with Crippen molar-refractivity contribution in [3.05, 3.63) is 12.2 Å². The number of carbonyl (C=O) groups is 1. The summed E-state index contributed by atoms with van der Waals surface area (Å²) in [5.74, 6) is -0.613. The van der Waals surface area contributed by atoms with Gasteiger partial charge in [0.1, 0.15) is 0 Å². The summed E-state index contributed by atoms with van der Waals surface area (Å²) >= 11 is 0. The highest BCUT2D eigenvalue weighted by atomic mass is 16.1. The molecule has 45 valence electrons. The van der Waals surface area contributed by atoms with E-state index in [0.717, 1.165) is 12.8 Å². The van der Waals surface area contributed by atoms with E-state index in [9.17, 15) is 4.79 Å². The molecule has 0 rings (SSSR count). The SMILES string of the molecule is CCC/C=C/C([NH])=O. The van der Waals surface area contributed by atoms with Gasteiger partial charge in [-0.3, -0.25) is 10.5 Å². The summed E-state index contributed by atoms with van der Waals surface area (Å²) in [6.45, 7) is 2.03. The minimum absolute atomic E-state index is 0.613. The Balaban J connectivity index is 3.20. The molecule has 1 radical (unpaired) electrons. The summed E-state index contributed by atoms with van der Waals surface area (Å²) < 4.78 is 0. The van der Waals surface area contributed by atoms with Crippen molar-refractivity contribution in [2.45, 2.75) is 19.8 Å². The first-order valence-electron chi connectivity index (χ1n) is 2.69. The molecule has 0 aromatic carbocycles. The molecule has 8 heavy (non-hydrogen) atoms. The first-order valence-corrected chi connectivity index (χ1v) is 2.69. The Morgan fingerprint density at radius 2 is 2.38 bits per heavy atom. The van der Waals surface area contributed by atoms with Crippen LogP contribution in [0, 0.1) is 0 Å². The van der Waals surface area contributed by atoms with Crippen LogP contribution >= 0.6 is 0 Å². The normalized spacial score (nSPS) is 10.1. The van der Waals surface area contributed by atoms with E-state index in [2.05, 4.69) is 0 Å². The average molecular weight is 112 g/mol. The standard InChI is InChI=1S/C6H10NO/c1-2-3-4-5-6(7)8/h4-5,7H,2-3H2,1H3/b5-4+. The van der Waals surface area contributed by atoms with E-state index >= 15 is 0 Å². The van der Waals surface area contributed by atoms with Crippen molar-refractivity contribution in [1.29, 1.82) is 0 Å². The third-order valence-corrected chi connectivity index (χ3v) is 0.725. The van der Waals surface area contributed by atoms with Gasteiger partial charge in [0.15, 0.2) is 0 Å². The zero-order valence-corrected chi connectivity index (χ0v) is 4.98. The summed E-state index contributed by atoms with van der Waals surface area (Å²) in [6, 6.07) is 0. The van der Waals surface area contributed by atoms with Gasteiger partial charge in [-0.25, -0.2) is 0 Å². The highest BCUT2D eigenvalue weighted by Crippen LogP contribution is 1.86. The van der Waals surface area contributed by atoms with Gasteiger partial charge in [-0.15, -0.1) is 0 Å². The molecule has 0 saturated carbocycles. The minimum Gasteiger partial charge on any atom is -0.268 e. The fraction of sp³-hybridized carbons (Fsp3) is 0.500. The van der Waals surface area contributed by atoms with Gasteiger partial charge >= 0.3 is 0 Å². The lowest BCUT2D eigenvalue weighted by Crippen LogP contribution is -1.88. The van der Waals surface area contributed by atoms with Gasteiger partial charge in [0.25, 0.3) is 5.91 Å². The lowest BCUT2D eigenvalue weighted by molar-refractivity contribution is -0.114. The Kier molecular flexibility index (Phi) is 3.94. The lowest BCUT2D eigenvalue weighted by atomic mass is 10.3. The fourth-order valence-electron chi connectivity index (χ4n) is 0.357. The highest BCUT2D eigenvalue weighted by Gasteiger charge is 1.79. The molecule has 0 aliphatic rings. The summed E-state index contributed by atoms with van der Waals surface area (Å²) in [5.41, 5.74) is 6.43. The van der Waals surface area contributed by atoms with Crippen LogP contribution in [0.3, 0.4) is 0 Å². The van der Waals surface area contributed by atoms with Crippen LogP contribution in [0.5, 0.6) is 0 Å². The van der Waals surface area contributed by atoms with Gasteiger partial charge in [0.05, 0.1) is 0 Å². The van der Waals surface area contributed by atoms with Gasteiger partial charge in [0.2, 0.25) is 0 Å². The minimum atomic E-state index is -0.613. The van der Waals surface area contributed by atoms with Crippen molar-refractivity contribution >= 4 is 5.91 Å². The van der Waals surface area contributed by atoms with E-state index in [1.165, 1.54) is 6.08 Å². The van der Waals surface area contributed by atoms with Crippen molar-refractivity contribution in [2.24, 2.45) is 0 Å². The van der Waals surface area contributed by atoms with Crippen LogP contribution in [0.15, 0.2) is 12.2 Å². The molecular weight excluding hydrogens is 102 g/mol. The van der Waals surface area contributed by atoms with Gasteiger partial charge in [0, 0.05) is 6.08 Å². The Bertz CT molecular complexity index is 96.7. The Morgan fingerprint density at radius 1 is 1.75 bits per heavy atom. The number of carbonyl (C=O) groups excluding carboxylic acids is 1. The monoisotopic (exact) mass is 112 g/mol. The number of hydrogen-bond acceptors (Lipinski definition) is 1. The Morgan fingerprint density at radius 3 is 2.75 bits per heavy atom. The summed E-state index contributed by atoms with van der Waals surface area (Å²) in [4.78, 5) is 9.90. The first-order chi connectivity index (χ1) is 3.77. The van der Waals surface area contributed by atoms with Gasteiger partial charge in [-0.05, 0) is 6.42 Å². The predicted octanol–water partition coefficient (Wildman–Crippen LogP) is 1.15. The van der Waals surface area contributed by atoms with Crippen LogP contribution in [0.25, 0.3) is 0 Å². The maximum atomic E-state index is 9.90. The molecule has 2 heteroatoms. The van der Waals surface area contributed by atoms with Gasteiger partial charge in [-0.1, -0.05) is 19.4 Å². The van der Waals surface area contributed by atoms with Gasteiger partial charge < -0.3 is 0 Å². The quantitative estimate of drug-likeness (QED) is 0.505. The van der Waals surface area contributed by atoms with E-state index in [1.54, 1.807) is 6.08 Å². The van der Waals surface area contributed by atoms with Crippen LogP contribution in [0.1, 0.15) is 19.8 Å². The van der Waals surface area contributed by atoms with Crippen LogP contribution in [-0.2, 0) is 4.79 Å². The third-order valence-electron chi connectivity index (χ3n) is 0.725. The summed E-state index contributed by atoms with van der Waals surface area (Å²) in [7, 11) is 0.